The number of hydrogen-bond donors (Lipinski definition) is 1. The summed E-state index contributed by atoms with van der Waals surface area (Å²) in [7, 11) is 0. The lowest BCUT2D eigenvalue weighted by Crippen LogP contribution is -2.46. The third-order valence-electron chi connectivity index (χ3n) is 2.51. The maximum absolute atomic E-state index is 12.4. The van der Waals surface area contributed by atoms with Crippen LogP contribution in [0.4, 0.5) is 20.2 Å². The monoisotopic (exact) mass is 242 g/mol. The van der Waals surface area contributed by atoms with Gasteiger partial charge < -0.3 is 15.4 Å². The summed E-state index contributed by atoms with van der Waals surface area (Å²) < 4.78 is 30.2. The molecule has 0 bridgehead atoms. The lowest BCUT2D eigenvalue weighted by molar-refractivity contribution is -0.126. The van der Waals surface area contributed by atoms with Crippen LogP contribution in [0.5, 0.6) is 5.75 Å². The predicted molar refractivity (Wildman–Crippen MR) is 59.3 cm³/mol. The van der Waals surface area contributed by atoms with Crippen molar-refractivity contribution < 1.29 is 18.3 Å². The minimum absolute atomic E-state index is 0.336. The van der Waals surface area contributed by atoms with Crippen LogP contribution in [0.25, 0.3) is 0 Å². The first-order chi connectivity index (χ1) is 7.99. The summed E-state index contributed by atoms with van der Waals surface area (Å²) in [6.07, 6.45) is -3.36. The second-order valence-electron chi connectivity index (χ2n) is 3.83. The first-order valence-electron chi connectivity index (χ1n) is 5.14. The maximum Gasteiger partial charge on any atom is 0.268 e. The molecule has 4 nitrogen and oxygen atoms in total. The van der Waals surface area contributed by atoms with Crippen LogP contribution >= 0.6 is 0 Å². The van der Waals surface area contributed by atoms with Crippen LogP contribution in [0.3, 0.4) is 0 Å². The fraction of sp³-hybridized carbons (Fsp3) is 0.364. The fourth-order valence-corrected chi connectivity index (χ4v) is 1.75. The van der Waals surface area contributed by atoms with Crippen molar-refractivity contribution in [3.63, 3.8) is 0 Å². The van der Waals surface area contributed by atoms with E-state index in [1.807, 2.05) is 0 Å². The molecule has 17 heavy (non-hydrogen) atoms. The summed E-state index contributed by atoms with van der Waals surface area (Å²) >= 11 is 0. The van der Waals surface area contributed by atoms with Gasteiger partial charge in [-0.2, -0.15) is 0 Å². The SMILES string of the molecule is CC1Oc2cc(N)ccc2N(CC(F)F)C1=O. The number of carbonyl (C=O) groups is 1. The molecule has 0 saturated heterocycles. The topological polar surface area (TPSA) is 55.6 Å². The largest absolute Gasteiger partial charge is 0.479 e. The Morgan fingerprint density at radius 3 is 2.88 bits per heavy atom. The van der Waals surface area contributed by atoms with Crippen LogP contribution in [-0.4, -0.2) is 25.0 Å². The van der Waals surface area contributed by atoms with Crippen LogP contribution in [0.1, 0.15) is 6.92 Å². The Bertz CT molecular complexity index is 451. The fourth-order valence-electron chi connectivity index (χ4n) is 1.75. The first-order valence-corrected chi connectivity index (χ1v) is 5.14. The molecule has 0 aromatic heterocycles. The van der Waals surface area contributed by atoms with Gasteiger partial charge in [-0.15, -0.1) is 0 Å². The maximum atomic E-state index is 12.4. The standard InChI is InChI=1S/C11H12F2N2O2/c1-6-11(16)15(5-10(12)13)8-3-2-7(14)4-9(8)17-6/h2-4,6,10H,5,14H2,1H3. The highest BCUT2D eigenvalue weighted by atomic mass is 19.3. The van der Waals surface area contributed by atoms with Gasteiger partial charge in [0.25, 0.3) is 12.3 Å². The highest BCUT2D eigenvalue weighted by Gasteiger charge is 2.32. The van der Waals surface area contributed by atoms with E-state index in [9.17, 15) is 13.6 Å². The Labute approximate surface area is 97.0 Å². The molecule has 1 aliphatic rings. The van der Waals surface area contributed by atoms with Crippen LogP contribution in [-0.2, 0) is 4.79 Å². The smallest absolute Gasteiger partial charge is 0.268 e. The number of nitrogens with two attached hydrogens (primary N) is 1. The minimum atomic E-state index is -2.59. The molecule has 1 heterocycles. The molecule has 1 amide bonds. The van der Waals surface area contributed by atoms with E-state index in [1.165, 1.54) is 19.1 Å². The zero-order chi connectivity index (χ0) is 12.6. The number of ether oxygens (including phenoxy) is 1. The molecule has 1 aliphatic heterocycles. The highest BCUT2D eigenvalue weighted by molar-refractivity contribution is 6.00. The predicted octanol–water partition coefficient (Wildman–Crippen LogP) is 1.65. The van der Waals surface area contributed by atoms with Crippen molar-refractivity contribution in [3.05, 3.63) is 18.2 Å². The van der Waals surface area contributed by atoms with Crippen molar-refractivity contribution in [1.82, 2.24) is 0 Å². The highest BCUT2D eigenvalue weighted by Crippen LogP contribution is 2.35. The average Bonchev–Trinajstić information content (AvgIpc) is 2.24. The van der Waals surface area contributed by atoms with E-state index in [4.69, 9.17) is 10.5 Å². The Balaban J connectivity index is 2.41. The molecule has 2 N–H and O–H groups in total. The molecule has 92 valence electrons. The van der Waals surface area contributed by atoms with Crippen molar-refractivity contribution in [3.8, 4) is 5.75 Å². The summed E-state index contributed by atoms with van der Waals surface area (Å²) in [6, 6.07) is 4.58. The van der Waals surface area contributed by atoms with Crippen LogP contribution in [0.15, 0.2) is 18.2 Å². The number of fused-ring (bicyclic) bond motifs is 1. The second kappa shape index (κ2) is 4.20. The molecule has 1 atom stereocenters. The summed E-state index contributed by atoms with van der Waals surface area (Å²) in [5.41, 5.74) is 6.37. The quantitative estimate of drug-likeness (QED) is 0.802. The van der Waals surface area contributed by atoms with E-state index >= 15 is 0 Å². The molecule has 1 aromatic rings. The molecule has 0 fully saturated rings. The minimum Gasteiger partial charge on any atom is -0.479 e. The molecule has 0 radical (unpaired) electrons. The van der Waals surface area contributed by atoms with E-state index in [2.05, 4.69) is 0 Å². The Kier molecular flexibility index (Phi) is 2.87. The summed E-state index contributed by atoms with van der Waals surface area (Å²) in [5.74, 6) is -0.111. The number of alkyl halides is 2. The van der Waals surface area contributed by atoms with Gasteiger partial charge >= 0.3 is 0 Å². The van der Waals surface area contributed by atoms with E-state index in [0.717, 1.165) is 4.90 Å². The third kappa shape index (κ3) is 2.15. The van der Waals surface area contributed by atoms with E-state index in [0.29, 0.717) is 17.1 Å². The van der Waals surface area contributed by atoms with Gasteiger partial charge in [0, 0.05) is 11.8 Å². The summed E-state index contributed by atoms with van der Waals surface area (Å²) in [6.45, 7) is 0.885. The third-order valence-corrected chi connectivity index (χ3v) is 2.51. The molecule has 1 unspecified atom stereocenters. The van der Waals surface area contributed by atoms with Crippen molar-refractivity contribution in [2.24, 2.45) is 0 Å². The van der Waals surface area contributed by atoms with Crippen LogP contribution in [0.2, 0.25) is 0 Å². The van der Waals surface area contributed by atoms with Gasteiger partial charge in [-0.1, -0.05) is 0 Å². The van der Waals surface area contributed by atoms with Crippen molar-refractivity contribution >= 4 is 17.3 Å². The number of nitrogen functional groups attached to an aromatic ring is 1. The zero-order valence-corrected chi connectivity index (χ0v) is 9.19. The first kappa shape index (κ1) is 11.6. The summed E-state index contributed by atoms with van der Waals surface area (Å²) in [5, 5.41) is 0. The Morgan fingerprint density at radius 2 is 2.24 bits per heavy atom. The zero-order valence-electron chi connectivity index (χ0n) is 9.19. The number of hydrogen-bond acceptors (Lipinski definition) is 3. The van der Waals surface area contributed by atoms with Gasteiger partial charge in [0.2, 0.25) is 0 Å². The molecule has 1 aromatic carbocycles. The van der Waals surface area contributed by atoms with Gasteiger partial charge in [-0.05, 0) is 19.1 Å². The van der Waals surface area contributed by atoms with Gasteiger partial charge in [0.15, 0.2) is 6.10 Å². The average molecular weight is 242 g/mol. The Morgan fingerprint density at radius 1 is 1.53 bits per heavy atom. The number of rotatable bonds is 2. The van der Waals surface area contributed by atoms with Crippen molar-refractivity contribution in [2.45, 2.75) is 19.5 Å². The number of amides is 1. The van der Waals surface area contributed by atoms with Gasteiger partial charge in [-0.3, -0.25) is 4.79 Å². The van der Waals surface area contributed by atoms with Crippen LogP contribution in [0, 0.1) is 0 Å². The second-order valence-corrected chi connectivity index (χ2v) is 3.83. The number of carbonyl (C=O) groups excluding carboxylic acids is 1. The number of anilines is 2. The van der Waals surface area contributed by atoms with E-state index in [1.54, 1.807) is 6.07 Å². The lowest BCUT2D eigenvalue weighted by atomic mass is 10.1. The Hall–Kier alpha value is -1.85. The molecule has 0 saturated carbocycles. The molecular weight excluding hydrogens is 230 g/mol. The van der Waals surface area contributed by atoms with Crippen molar-refractivity contribution in [2.75, 3.05) is 17.2 Å². The van der Waals surface area contributed by atoms with E-state index < -0.39 is 25.0 Å². The molecule has 2 rings (SSSR count). The number of nitrogens with zero attached hydrogens (tertiary/aromatic N) is 1. The van der Waals surface area contributed by atoms with Crippen molar-refractivity contribution in [1.29, 1.82) is 0 Å². The van der Waals surface area contributed by atoms with Crippen LogP contribution < -0.4 is 15.4 Å². The molecule has 0 spiro atoms. The summed E-state index contributed by atoms with van der Waals surface area (Å²) in [4.78, 5) is 12.8. The van der Waals surface area contributed by atoms with Gasteiger partial charge in [-0.25, -0.2) is 8.78 Å². The molecule has 0 aliphatic carbocycles. The van der Waals surface area contributed by atoms with E-state index in [-0.39, 0.29) is 0 Å². The molecular formula is C11H12F2N2O2. The number of benzene rings is 1. The van der Waals surface area contributed by atoms with Gasteiger partial charge in [0.1, 0.15) is 5.75 Å². The number of halogens is 2. The normalized spacial score (nSPS) is 19.2. The molecule has 6 heteroatoms. The lowest BCUT2D eigenvalue weighted by Gasteiger charge is -2.32. The van der Waals surface area contributed by atoms with Gasteiger partial charge in [0.05, 0.1) is 12.2 Å².